The van der Waals surface area contributed by atoms with Crippen LogP contribution in [0.5, 0.6) is 0 Å². The van der Waals surface area contributed by atoms with Gasteiger partial charge >= 0.3 is 0 Å². The van der Waals surface area contributed by atoms with Gasteiger partial charge < -0.3 is 11.1 Å². The number of rotatable bonds is 5. The fraction of sp³-hybridized carbons (Fsp3) is 0.417. The molecule has 0 saturated heterocycles. The molecular weight excluding hydrogens is 207 g/mol. The molecule has 3 nitrogen and oxygen atoms in total. The first-order valence-corrected chi connectivity index (χ1v) is 5.35. The van der Waals surface area contributed by atoms with Crippen molar-refractivity contribution >= 4 is 5.91 Å². The first kappa shape index (κ1) is 12.6. The lowest BCUT2D eigenvalue weighted by molar-refractivity contribution is -0.121. The Balaban J connectivity index is 2.35. The van der Waals surface area contributed by atoms with Crippen molar-refractivity contribution in [2.75, 3.05) is 0 Å². The predicted octanol–water partition coefficient (Wildman–Crippen LogP) is 1.57. The average molecular weight is 224 g/mol. The number of amides is 1. The van der Waals surface area contributed by atoms with E-state index in [0.29, 0.717) is 18.4 Å². The molecule has 88 valence electrons. The Morgan fingerprint density at radius 3 is 2.81 bits per heavy atom. The average Bonchev–Trinajstić information content (AvgIpc) is 2.25. The molecular formula is C12H17FN2O. The van der Waals surface area contributed by atoms with Crippen molar-refractivity contribution in [3.8, 4) is 0 Å². The highest BCUT2D eigenvalue weighted by Gasteiger charge is 2.05. The molecule has 1 aromatic carbocycles. The van der Waals surface area contributed by atoms with Crippen LogP contribution in [0.2, 0.25) is 0 Å². The molecule has 16 heavy (non-hydrogen) atoms. The summed E-state index contributed by atoms with van der Waals surface area (Å²) in [6.45, 7) is 2.08. The van der Waals surface area contributed by atoms with Crippen molar-refractivity contribution in [1.29, 1.82) is 0 Å². The Labute approximate surface area is 94.8 Å². The van der Waals surface area contributed by atoms with Crippen LogP contribution in [0.3, 0.4) is 0 Å². The van der Waals surface area contributed by atoms with Gasteiger partial charge in [-0.3, -0.25) is 4.79 Å². The van der Waals surface area contributed by atoms with Gasteiger partial charge in [0, 0.05) is 24.6 Å². The van der Waals surface area contributed by atoms with Crippen LogP contribution in [0, 0.1) is 5.82 Å². The third-order valence-corrected chi connectivity index (χ3v) is 2.26. The minimum atomic E-state index is -0.296. The number of carbonyl (C=O) groups is 1. The molecule has 0 saturated carbocycles. The second-order valence-corrected chi connectivity index (χ2v) is 3.88. The number of halogens is 1. The zero-order valence-electron chi connectivity index (χ0n) is 9.37. The summed E-state index contributed by atoms with van der Waals surface area (Å²) >= 11 is 0. The first-order chi connectivity index (χ1) is 7.59. The summed E-state index contributed by atoms with van der Waals surface area (Å²) in [5.41, 5.74) is 6.03. The molecule has 1 atom stereocenters. The normalized spacial score (nSPS) is 12.2. The summed E-state index contributed by atoms with van der Waals surface area (Å²) in [4.78, 5) is 11.3. The fourth-order valence-corrected chi connectivity index (χ4v) is 1.28. The Morgan fingerprint density at radius 1 is 1.50 bits per heavy atom. The molecule has 0 aromatic heterocycles. The number of nitrogens with two attached hydrogens (primary N) is 1. The van der Waals surface area contributed by atoms with E-state index in [2.05, 4.69) is 5.32 Å². The van der Waals surface area contributed by atoms with Crippen molar-refractivity contribution in [2.45, 2.75) is 32.4 Å². The minimum Gasteiger partial charge on any atom is -0.352 e. The number of nitrogens with one attached hydrogen (secondary N) is 1. The molecule has 0 aliphatic heterocycles. The van der Waals surface area contributed by atoms with Gasteiger partial charge in [-0.1, -0.05) is 18.2 Å². The van der Waals surface area contributed by atoms with Crippen LogP contribution >= 0.6 is 0 Å². The maximum Gasteiger partial charge on any atom is 0.220 e. The van der Waals surface area contributed by atoms with Crippen LogP contribution in [0.15, 0.2) is 24.3 Å². The minimum absolute atomic E-state index is 0.0132. The van der Waals surface area contributed by atoms with Crippen molar-refractivity contribution in [2.24, 2.45) is 5.73 Å². The van der Waals surface area contributed by atoms with Crippen LogP contribution < -0.4 is 11.1 Å². The van der Waals surface area contributed by atoms with E-state index in [1.807, 2.05) is 6.92 Å². The van der Waals surface area contributed by atoms with Crippen molar-refractivity contribution in [3.05, 3.63) is 35.6 Å². The fourth-order valence-electron chi connectivity index (χ4n) is 1.28. The maximum absolute atomic E-state index is 13.2. The highest BCUT2D eigenvalue weighted by atomic mass is 19.1. The van der Waals surface area contributed by atoms with E-state index in [9.17, 15) is 9.18 Å². The van der Waals surface area contributed by atoms with Gasteiger partial charge in [0.2, 0.25) is 5.91 Å². The molecule has 0 spiro atoms. The largest absolute Gasteiger partial charge is 0.352 e. The molecule has 1 aromatic rings. The van der Waals surface area contributed by atoms with Crippen molar-refractivity contribution in [3.63, 3.8) is 0 Å². The molecule has 3 N–H and O–H groups in total. The third kappa shape index (κ3) is 4.40. The number of hydrogen-bond acceptors (Lipinski definition) is 2. The van der Waals surface area contributed by atoms with Crippen molar-refractivity contribution < 1.29 is 9.18 Å². The molecule has 1 rings (SSSR count). The van der Waals surface area contributed by atoms with Gasteiger partial charge in [-0.25, -0.2) is 4.39 Å². The molecule has 1 amide bonds. The highest BCUT2D eigenvalue weighted by Crippen LogP contribution is 2.05. The van der Waals surface area contributed by atoms with Gasteiger partial charge in [0.05, 0.1) is 0 Å². The zero-order valence-corrected chi connectivity index (χ0v) is 9.37. The van der Waals surface area contributed by atoms with Gasteiger partial charge in [-0.05, 0) is 19.4 Å². The molecule has 0 heterocycles. The van der Waals surface area contributed by atoms with E-state index >= 15 is 0 Å². The maximum atomic E-state index is 13.2. The SMILES string of the molecule is CC(N)CCC(=O)NCc1ccccc1F. The monoisotopic (exact) mass is 224 g/mol. The van der Waals surface area contributed by atoms with Gasteiger partial charge in [0.25, 0.3) is 0 Å². The second-order valence-electron chi connectivity index (χ2n) is 3.88. The standard InChI is InChI=1S/C12H17FN2O/c1-9(14)6-7-12(16)15-8-10-4-2-3-5-11(10)13/h2-5,9H,6-8,14H2,1H3,(H,15,16). The Morgan fingerprint density at radius 2 is 2.19 bits per heavy atom. The Hall–Kier alpha value is -1.42. The summed E-state index contributed by atoms with van der Waals surface area (Å²) in [7, 11) is 0. The highest BCUT2D eigenvalue weighted by molar-refractivity contribution is 5.75. The molecule has 0 aliphatic rings. The lowest BCUT2D eigenvalue weighted by atomic mass is 10.2. The number of carbonyl (C=O) groups excluding carboxylic acids is 1. The first-order valence-electron chi connectivity index (χ1n) is 5.35. The van der Waals surface area contributed by atoms with Gasteiger partial charge in [0.1, 0.15) is 5.82 Å². The lowest BCUT2D eigenvalue weighted by Crippen LogP contribution is -2.25. The van der Waals surface area contributed by atoms with Gasteiger partial charge in [-0.2, -0.15) is 0 Å². The molecule has 0 fully saturated rings. The Kier molecular flexibility index (Phi) is 4.92. The molecule has 4 heteroatoms. The lowest BCUT2D eigenvalue weighted by Gasteiger charge is -2.07. The second kappa shape index (κ2) is 6.23. The summed E-state index contributed by atoms with van der Waals surface area (Å²) in [5.74, 6) is -0.393. The predicted molar refractivity (Wildman–Crippen MR) is 61.1 cm³/mol. The van der Waals surface area contributed by atoms with E-state index in [-0.39, 0.29) is 24.3 Å². The summed E-state index contributed by atoms with van der Waals surface area (Å²) in [5, 5.41) is 2.66. The smallest absolute Gasteiger partial charge is 0.220 e. The van der Waals surface area contributed by atoms with Crippen LogP contribution in [0.4, 0.5) is 4.39 Å². The van der Waals surface area contributed by atoms with Gasteiger partial charge in [-0.15, -0.1) is 0 Å². The third-order valence-electron chi connectivity index (χ3n) is 2.26. The van der Waals surface area contributed by atoms with Crippen LogP contribution in [-0.4, -0.2) is 11.9 Å². The van der Waals surface area contributed by atoms with E-state index in [4.69, 9.17) is 5.73 Å². The van der Waals surface area contributed by atoms with Gasteiger partial charge in [0.15, 0.2) is 0 Å². The van der Waals surface area contributed by atoms with Crippen LogP contribution in [0.25, 0.3) is 0 Å². The van der Waals surface area contributed by atoms with E-state index in [1.54, 1.807) is 18.2 Å². The summed E-state index contributed by atoms with van der Waals surface area (Å²) in [6, 6.07) is 6.41. The van der Waals surface area contributed by atoms with E-state index in [0.717, 1.165) is 0 Å². The zero-order chi connectivity index (χ0) is 12.0. The van der Waals surface area contributed by atoms with E-state index in [1.165, 1.54) is 6.07 Å². The number of hydrogen-bond donors (Lipinski definition) is 2. The van der Waals surface area contributed by atoms with E-state index < -0.39 is 0 Å². The summed E-state index contributed by atoms with van der Waals surface area (Å²) in [6.07, 6.45) is 1.02. The van der Waals surface area contributed by atoms with Crippen molar-refractivity contribution in [1.82, 2.24) is 5.32 Å². The quantitative estimate of drug-likeness (QED) is 0.797. The topological polar surface area (TPSA) is 55.1 Å². The Bertz CT molecular complexity index is 353. The van der Waals surface area contributed by atoms with Crippen LogP contribution in [-0.2, 0) is 11.3 Å². The molecule has 0 aliphatic carbocycles. The molecule has 0 radical (unpaired) electrons. The molecule has 0 bridgehead atoms. The molecule has 1 unspecified atom stereocenters. The number of benzene rings is 1. The van der Waals surface area contributed by atoms with Crippen LogP contribution in [0.1, 0.15) is 25.3 Å². The summed E-state index contributed by atoms with van der Waals surface area (Å²) < 4.78 is 13.2.